The number of aryl methyl sites for hydroxylation is 3. The summed E-state index contributed by atoms with van der Waals surface area (Å²) in [6, 6.07) is 32.4. The second kappa shape index (κ2) is 18.5. The van der Waals surface area contributed by atoms with Crippen LogP contribution in [0.4, 0.5) is 4.39 Å². The van der Waals surface area contributed by atoms with Crippen LogP contribution in [0.5, 0.6) is 0 Å². The molecule has 5 heteroatoms. The Balaban J connectivity index is 0.000000388. The van der Waals surface area contributed by atoms with Crippen LogP contribution in [0.15, 0.2) is 121 Å². The quantitative estimate of drug-likeness (QED) is 0.0643. The molecule has 59 heavy (non-hydrogen) atoms. The maximum Gasteiger partial charge on any atom is 0.167 e. The third-order valence-corrected chi connectivity index (χ3v) is 12.3. The summed E-state index contributed by atoms with van der Waals surface area (Å²) in [5, 5.41) is 13.1. The van der Waals surface area contributed by atoms with Crippen molar-refractivity contribution in [1.29, 1.82) is 0 Å². The van der Waals surface area contributed by atoms with E-state index in [0.717, 1.165) is 42.0 Å². The Bertz CT molecular complexity index is 2970. The van der Waals surface area contributed by atoms with Crippen LogP contribution >= 0.6 is 0 Å². The first-order chi connectivity index (χ1) is 31.3. The van der Waals surface area contributed by atoms with E-state index in [1.165, 1.54) is 30.5 Å². The van der Waals surface area contributed by atoms with Gasteiger partial charge in [0.15, 0.2) is 5.78 Å². The number of fused-ring (bicyclic) bond motifs is 4. The number of aliphatic hydroxyl groups is 1. The van der Waals surface area contributed by atoms with Crippen molar-refractivity contribution < 1.29 is 46.7 Å². The van der Waals surface area contributed by atoms with E-state index in [1.807, 2.05) is 88.4 Å². The van der Waals surface area contributed by atoms with E-state index in [1.54, 1.807) is 25.1 Å². The molecule has 0 fully saturated rings. The molecule has 3 nitrogen and oxygen atoms in total. The van der Waals surface area contributed by atoms with Crippen molar-refractivity contribution in [1.82, 2.24) is 4.98 Å². The van der Waals surface area contributed by atoms with Gasteiger partial charge in [0.2, 0.25) is 0 Å². The summed E-state index contributed by atoms with van der Waals surface area (Å²) in [5.41, 5.74) is 1.16. The first-order valence-electron chi connectivity index (χ1n) is 24.5. The molecule has 7 rings (SSSR count). The fourth-order valence-electron chi connectivity index (χ4n) is 7.68. The van der Waals surface area contributed by atoms with Crippen molar-refractivity contribution in [3.05, 3.63) is 149 Å². The number of hydrogen-bond acceptors (Lipinski definition) is 3. The van der Waals surface area contributed by atoms with E-state index < -0.39 is 26.4 Å². The van der Waals surface area contributed by atoms with Crippen LogP contribution in [0.3, 0.4) is 0 Å². The van der Waals surface area contributed by atoms with Crippen molar-refractivity contribution in [3.63, 3.8) is 0 Å². The van der Waals surface area contributed by atoms with Gasteiger partial charge in [-0.05, 0) is 101 Å². The molecule has 0 saturated heterocycles. The Morgan fingerprint density at radius 1 is 0.712 bits per heavy atom. The Morgan fingerprint density at radius 2 is 1.36 bits per heavy atom. The summed E-state index contributed by atoms with van der Waals surface area (Å²) < 4.78 is 91.6. The number of carbonyl (C=O) groups excluding carboxylic acids is 1. The zero-order valence-electron chi connectivity index (χ0n) is 43.7. The fourth-order valence-corrected chi connectivity index (χ4v) is 7.68. The molecule has 0 aliphatic rings. The average Bonchev–Trinajstić information content (AvgIpc) is 3.31. The minimum absolute atomic E-state index is 0. The minimum Gasteiger partial charge on any atom is -0.511 e. The van der Waals surface area contributed by atoms with Crippen molar-refractivity contribution in [2.75, 3.05) is 0 Å². The van der Waals surface area contributed by atoms with Crippen LogP contribution in [0.2, 0.25) is 0 Å². The molecule has 0 aliphatic carbocycles. The van der Waals surface area contributed by atoms with Gasteiger partial charge in [0.25, 0.3) is 0 Å². The number of Topliss-reactive ketones (excluding diaryl/α,β-unsaturated/α-hetero) is 1. The third-order valence-electron chi connectivity index (χ3n) is 12.3. The molecular formula is C54H57FIrNO2-. The van der Waals surface area contributed by atoms with Crippen LogP contribution in [-0.2, 0) is 24.9 Å². The summed E-state index contributed by atoms with van der Waals surface area (Å²) in [6.45, 7) is 5.77. The average molecular weight is 972 g/mol. The van der Waals surface area contributed by atoms with Gasteiger partial charge in [-0.2, -0.15) is 0 Å². The number of aromatic nitrogens is 1. The summed E-state index contributed by atoms with van der Waals surface area (Å²) in [7, 11) is 0. The Kier molecular flexibility index (Phi) is 10.6. The molecule has 1 radical (unpaired) electrons. The molecule has 0 atom stereocenters. The van der Waals surface area contributed by atoms with Crippen molar-refractivity contribution in [2.45, 2.75) is 94.7 Å². The molecule has 7 aromatic rings. The number of nitrogens with zero attached hydrogens (tertiary/aromatic N) is 1. The minimum atomic E-state index is -2.79. The Labute approximate surface area is 376 Å². The second-order valence-electron chi connectivity index (χ2n) is 15.7. The maximum absolute atomic E-state index is 15.7. The first kappa shape index (κ1) is 33.8. The van der Waals surface area contributed by atoms with E-state index in [0.29, 0.717) is 22.1 Å². The van der Waals surface area contributed by atoms with E-state index >= 15 is 4.39 Å². The number of ketones is 1. The van der Waals surface area contributed by atoms with Crippen LogP contribution in [0.25, 0.3) is 65.8 Å². The number of rotatable bonds is 10. The molecule has 1 heterocycles. The summed E-state index contributed by atoms with van der Waals surface area (Å²) in [6.07, 6.45) is 4.47. The largest absolute Gasteiger partial charge is 0.511 e. The molecule has 1 aromatic heterocycles. The summed E-state index contributed by atoms with van der Waals surface area (Å²) in [4.78, 5) is 17.0. The molecule has 6 aromatic carbocycles. The number of pyridine rings is 1. The van der Waals surface area contributed by atoms with E-state index in [9.17, 15) is 9.90 Å². The molecule has 0 saturated carbocycles. The zero-order valence-corrected chi connectivity index (χ0v) is 37.1. The van der Waals surface area contributed by atoms with Crippen molar-refractivity contribution in [3.8, 4) is 33.5 Å². The molecule has 0 aliphatic heterocycles. The van der Waals surface area contributed by atoms with Gasteiger partial charge in [-0.1, -0.05) is 151 Å². The van der Waals surface area contributed by atoms with Gasteiger partial charge in [0.05, 0.1) is 0 Å². The molecular weight excluding hydrogens is 906 g/mol. The number of halogens is 1. The molecule has 0 amide bonds. The molecule has 0 unspecified atom stereocenters. The molecule has 1 N–H and O–H groups in total. The van der Waals surface area contributed by atoms with Gasteiger partial charge in [0, 0.05) is 60.4 Å². The summed E-state index contributed by atoms with van der Waals surface area (Å²) >= 11 is 0. The van der Waals surface area contributed by atoms with Gasteiger partial charge in [0.1, 0.15) is 11.6 Å². The van der Waals surface area contributed by atoms with Crippen LogP contribution < -0.4 is 0 Å². The number of allylic oxidation sites excluding steroid dienone is 2. The van der Waals surface area contributed by atoms with Crippen LogP contribution in [0, 0.1) is 43.3 Å². The van der Waals surface area contributed by atoms with Gasteiger partial charge in [-0.3, -0.25) is 4.79 Å². The van der Waals surface area contributed by atoms with Gasteiger partial charge >= 0.3 is 0 Å². The Morgan fingerprint density at radius 3 is 2.00 bits per heavy atom. The monoisotopic (exact) mass is 972 g/mol. The fraction of sp³-hybridized carbons (Fsp3) is 0.296. The zero-order chi connectivity index (χ0) is 49.4. The second-order valence-corrected chi connectivity index (χ2v) is 15.7. The SMILES string of the molecule is CCC(C)(CC)C(=O)/C(C)=C(\O)C(C)(CC)CC.[2H]C([2H])([2H])c1[c-]c(-c2ncc(C([2H])([2H])[2H])c3c2ccc2c(F)cc(-c4ccccc4)cc23)cc(C([2H])([2H])[2H])c1-c1ccc2ccccc2c1.[Ir]. The smallest absolute Gasteiger partial charge is 0.167 e. The number of hydrogen-bond donors (Lipinski definition) is 1. The Hall–Kier alpha value is -4.96. The molecule has 0 spiro atoms. The predicted octanol–water partition coefficient (Wildman–Crippen LogP) is 15.4. The number of aliphatic hydroxyl groups excluding tert-OH is 1. The van der Waals surface area contributed by atoms with E-state index in [-0.39, 0.29) is 92.1 Å². The normalized spacial score (nSPS) is 15.1. The van der Waals surface area contributed by atoms with Gasteiger partial charge in [-0.15, -0.1) is 28.8 Å². The number of benzene rings is 6. The summed E-state index contributed by atoms with van der Waals surface area (Å²) in [5.74, 6) is -0.169. The topological polar surface area (TPSA) is 50.2 Å². The predicted molar refractivity (Wildman–Crippen MR) is 244 cm³/mol. The third kappa shape index (κ3) is 8.84. The van der Waals surface area contributed by atoms with Crippen LogP contribution in [0.1, 0.15) is 103 Å². The van der Waals surface area contributed by atoms with Crippen LogP contribution in [-0.4, -0.2) is 15.9 Å². The van der Waals surface area contributed by atoms with E-state index in [2.05, 4.69) is 24.9 Å². The molecule has 0 bridgehead atoms. The van der Waals surface area contributed by atoms with Gasteiger partial charge in [-0.25, -0.2) is 4.39 Å². The van der Waals surface area contributed by atoms with Crippen molar-refractivity contribution >= 4 is 38.1 Å². The van der Waals surface area contributed by atoms with Gasteiger partial charge < -0.3 is 10.1 Å². The maximum atomic E-state index is 15.7. The van der Waals surface area contributed by atoms with Crippen molar-refractivity contribution in [2.24, 2.45) is 10.8 Å². The molecule has 307 valence electrons. The number of carbonyl (C=O) groups is 1. The first-order valence-corrected chi connectivity index (χ1v) is 20.0. The van der Waals surface area contributed by atoms with E-state index in [4.69, 9.17) is 12.3 Å². The standard InChI is InChI=1S/C38H27FN.C16H30O2.Ir/c1-23-17-31(18-24(2)36(23)29-14-13-27-11-7-8-12-28(27)19-29)38-33-16-15-32-34(37(33)25(3)22-40-38)20-30(21-35(32)39)26-9-5-4-6-10-26;1-8-15(6,9-2)13(17)12(5)14(18)16(7,10-3)11-4;/h4-17,19-22H,1-3H3;17H,8-11H2,1-7H3;/q-1;;/b;13-12-;/i1D3,2D3,3D3;;.